The number of hydrogen-bond donors (Lipinski definition) is 2. The highest BCUT2D eigenvalue weighted by atomic mass is 35.5. The lowest BCUT2D eigenvalue weighted by molar-refractivity contribution is -0.383. The van der Waals surface area contributed by atoms with E-state index in [1.807, 2.05) is 4.90 Å². The van der Waals surface area contributed by atoms with E-state index in [-0.39, 0.29) is 22.1 Å². The Morgan fingerprint density at radius 2 is 2.18 bits per heavy atom. The topological polar surface area (TPSA) is 104 Å². The number of halogens is 2. The van der Waals surface area contributed by atoms with Gasteiger partial charge in [0.25, 0.3) is 11.2 Å². The molecule has 1 saturated heterocycles. The van der Waals surface area contributed by atoms with Crippen LogP contribution in [0.4, 0.5) is 21.5 Å². The van der Waals surface area contributed by atoms with E-state index in [1.54, 1.807) is 12.1 Å². The summed E-state index contributed by atoms with van der Waals surface area (Å²) in [4.78, 5) is 31.3. The number of anilines is 2. The molecule has 2 aromatic carbocycles. The Morgan fingerprint density at radius 3 is 2.93 bits per heavy atom. The van der Waals surface area contributed by atoms with E-state index in [0.29, 0.717) is 24.3 Å². The van der Waals surface area contributed by atoms with Gasteiger partial charge >= 0.3 is 0 Å². The molecule has 2 heterocycles. The molecule has 0 aliphatic carbocycles. The first-order valence-corrected chi connectivity index (χ1v) is 8.92. The minimum absolute atomic E-state index is 0.0513. The maximum atomic E-state index is 13.4. The van der Waals surface area contributed by atoms with Gasteiger partial charge in [0.1, 0.15) is 11.5 Å². The highest BCUT2D eigenvalue weighted by molar-refractivity contribution is 6.31. The SMILES string of the molecule is O=c1[nH]cnc2cc(NC3CCN(c4ccc(F)c(Cl)c4)C3)c([N+](=O)[O-])cc12. The van der Waals surface area contributed by atoms with Crippen LogP contribution in [0, 0.1) is 15.9 Å². The van der Waals surface area contributed by atoms with Crippen LogP contribution in [0.2, 0.25) is 5.02 Å². The van der Waals surface area contributed by atoms with E-state index in [9.17, 15) is 19.3 Å². The molecule has 1 atom stereocenters. The molecule has 28 heavy (non-hydrogen) atoms. The summed E-state index contributed by atoms with van der Waals surface area (Å²) in [5, 5.41) is 14.9. The maximum Gasteiger partial charge on any atom is 0.293 e. The van der Waals surface area contributed by atoms with Gasteiger partial charge in [-0.3, -0.25) is 14.9 Å². The Kier molecular flexibility index (Phi) is 4.60. The normalized spacial score (nSPS) is 16.5. The second-order valence-electron chi connectivity index (χ2n) is 6.55. The van der Waals surface area contributed by atoms with Crippen molar-refractivity contribution >= 4 is 39.6 Å². The molecule has 0 amide bonds. The molecule has 0 bridgehead atoms. The lowest BCUT2D eigenvalue weighted by Crippen LogP contribution is -2.26. The largest absolute Gasteiger partial charge is 0.375 e. The van der Waals surface area contributed by atoms with Gasteiger partial charge in [0.15, 0.2) is 0 Å². The predicted molar refractivity (Wildman–Crippen MR) is 105 cm³/mol. The Hall–Kier alpha value is -3.20. The number of rotatable bonds is 4. The van der Waals surface area contributed by atoms with E-state index >= 15 is 0 Å². The first-order valence-electron chi connectivity index (χ1n) is 8.55. The Bertz CT molecular complexity index is 1140. The number of aromatic nitrogens is 2. The third-order valence-corrected chi connectivity index (χ3v) is 5.06. The van der Waals surface area contributed by atoms with E-state index in [2.05, 4.69) is 15.3 Å². The van der Waals surface area contributed by atoms with E-state index in [4.69, 9.17) is 11.6 Å². The molecule has 1 fully saturated rings. The minimum atomic E-state index is -0.527. The van der Waals surface area contributed by atoms with Gasteiger partial charge in [-0.25, -0.2) is 9.37 Å². The molecule has 10 heteroatoms. The lowest BCUT2D eigenvalue weighted by atomic mass is 10.1. The van der Waals surface area contributed by atoms with Gasteiger partial charge in [0.2, 0.25) is 0 Å². The van der Waals surface area contributed by atoms with E-state index in [1.165, 1.54) is 24.5 Å². The molecule has 0 radical (unpaired) electrons. The van der Waals surface area contributed by atoms with Crippen LogP contribution in [0.25, 0.3) is 10.9 Å². The maximum absolute atomic E-state index is 13.4. The Morgan fingerprint density at radius 1 is 1.36 bits per heavy atom. The molecule has 1 unspecified atom stereocenters. The van der Waals surface area contributed by atoms with Crippen LogP contribution in [-0.4, -0.2) is 34.0 Å². The molecule has 1 aliphatic heterocycles. The summed E-state index contributed by atoms with van der Waals surface area (Å²) < 4.78 is 13.4. The molecule has 0 spiro atoms. The van der Waals surface area contributed by atoms with Crippen molar-refractivity contribution in [3.63, 3.8) is 0 Å². The summed E-state index contributed by atoms with van der Waals surface area (Å²) in [6.07, 6.45) is 1.99. The van der Waals surface area contributed by atoms with Crippen molar-refractivity contribution in [1.82, 2.24) is 9.97 Å². The van der Waals surface area contributed by atoms with Crippen LogP contribution in [-0.2, 0) is 0 Å². The number of nitro benzene ring substituents is 1. The van der Waals surface area contributed by atoms with Gasteiger partial charge in [-0.2, -0.15) is 0 Å². The van der Waals surface area contributed by atoms with Gasteiger partial charge in [-0.1, -0.05) is 11.6 Å². The summed E-state index contributed by atoms with van der Waals surface area (Å²) >= 11 is 5.85. The number of benzene rings is 2. The van der Waals surface area contributed by atoms with Crippen LogP contribution in [0.15, 0.2) is 41.5 Å². The predicted octanol–water partition coefficient (Wildman–Crippen LogP) is 3.31. The highest BCUT2D eigenvalue weighted by Gasteiger charge is 2.26. The molecule has 0 saturated carbocycles. The summed E-state index contributed by atoms with van der Waals surface area (Å²) in [6, 6.07) is 7.21. The third kappa shape index (κ3) is 3.36. The number of nitrogens with zero attached hydrogens (tertiary/aromatic N) is 3. The van der Waals surface area contributed by atoms with E-state index < -0.39 is 16.3 Å². The van der Waals surface area contributed by atoms with Crippen LogP contribution in [0.5, 0.6) is 0 Å². The highest BCUT2D eigenvalue weighted by Crippen LogP contribution is 2.31. The van der Waals surface area contributed by atoms with Gasteiger partial charge in [0, 0.05) is 30.9 Å². The quantitative estimate of drug-likeness (QED) is 0.511. The zero-order chi connectivity index (χ0) is 19.8. The summed E-state index contributed by atoms with van der Waals surface area (Å²) in [7, 11) is 0. The second-order valence-corrected chi connectivity index (χ2v) is 6.96. The fraction of sp³-hybridized carbons (Fsp3) is 0.222. The molecule has 4 rings (SSSR count). The monoisotopic (exact) mass is 403 g/mol. The minimum Gasteiger partial charge on any atom is -0.375 e. The summed E-state index contributed by atoms with van der Waals surface area (Å²) in [6.45, 7) is 1.26. The average molecular weight is 404 g/mol. The van der Waals surface area contributed by atoms with Crippen molar-refractivity contribution in [2.24, 2.45) is 0 Å². The zero-order valence-corrected chi connectivity index (χ0v) is 15.2. The standard InChI is InChI=1S/C18H15ClFN5O3/c19-13-5-11(1-2-14(13)20)24-4-3-10(8-24)23-16-7-15-12(6-17(16)25(27)28)18(26)22-9-21-15/h1-2,5-7,9-10,23H,3-4,8H2,(H,21,22,26). The van der Waals surface area contributed by atoms with Gasteiger partial charge in [-0.15, -0.1) is 0 Å². The molecule has 2 N–H and O–H groups in total. The van der Waals surface area contributed by atoms with Crippen LogP contribution < -0.4 is 15.8 Å². The average Bonchev–Trinajstić information content (AvgIpc) is 3.12. The number of nitrogens with one attached hydrogen (secondary N) is 2. The number of H-pyrrole nitrogens is 1. The molecule has 144 valence electrons. The third-order valence-electron chi connectivity index (χ3n) is 4.77. The van der Waals surface area contributed by atoms with Crippen LogP contribution in [0.3, 0.4) is 0 Å². The second kappa shape index (κ2) is 7.08. The molecular weight excluding hydrogens is 389 g/mol. The molecule has 1 aromatic heterocycles. The zero-order valence-electron chi connectivity index (χ0n) is 14.5. The van der Waals surface area contributed by atoms with Crippen molar-refractivity contribution in [3.05, 3.63) is 68.0 Å². The van der Waals surface area contributed by atoms with Crippen molar-refractivity contribution < 1.29 is 9.31 Å². The number of nitro groups is 1. The number of aromatic amines is 1. The fourth-order valence-electron chi connectivity index (χ4n) is 3.38. The molecule has 8 nitrogen and oxygen atoms in total. The Labute approximate surface area is 163 Å². The first-order chi connectivity index (χ1) is 13.4. The fourth-order valence-corrected chi connectivity index (χ4v) is 3.56. The molecular formula is C18H15ClFN5O3. The van der Waals surface area contributed by atoms with Gasteiger partial charge in [-0.05, 0) is 30.7 Å². The number of fused-ring (bicyclic) bond motifs is 1. The van der Waals surface area contributed by atoms with Crippen molar-refractivity contribution in [3.8, 4) is 0 Å². The van der Waals surface area contributed by atoms with Crippen molar-refractivity contribution in [2.75, 3.05) is 23.3 Å². The van der Waals surface area contributed by atoms with Crippen LogP contribution in [0.1, 0.15) is 6.42 Å². The summed E-state index contributed by atoms with van der Waals surface area (Å²) in [5.41, 5.74) is 0.850. The van der Waals surface area contributed by atoms with Crippen LogP contribution >= 0.6 is 11.6 Å². The van der Waals surface area contributed by atoms with Crippen molar-refractivity contribution in [2.45, 2.75) is 12.5 Å². The molecule has 3 aromatic rings. The smallest absolute Gasteiger partial charge is 0.293 e. The Balaban J connectivity index is 1.60. The molecule has 1 aliphatic rings. The summed E-state index contributed by atoms with van der Waals surface area (Å²) in [5.74, 6) is -0.478. The van der Waals surface area contributed by atoms with E-state index in [0.717, 1.165) is 12.1 Å². The van der Waals surface area contributed by atoms with Gasteiger partial charge in [0.05, 0.1) is 27.2 Å². The number of hydrogen-bond acceptors (Lipinski definition) is 6. The van der Waals surface area contributed by atoms with Gasteiger partial charge < -0.3 is 15.2 Å². The lowest BCUT2D eigenvalue weighted by Gasteiger charge is -2.20. The van der Waals surface area contributed by atoms with Crippen molar-refractivity contribution in [1.29, 1.82) is 0 Å². The first kappa shape index (κ1) is 18.2.